The second-order valence-corrected chi connectivity index (χ2v) is 6.47. The molecule has 6 heteroatoms. The zero-order chi connectivity index (χ0) is 16.7. The van der Waals surface area contributed by atoms with Gasteiger partial charge < -0.3 is 15.6 Å². The van der Waals surface area contributed by atoms with E-state index >= 15 is 0 Å². The third-order valence-electron chi connectivity index (χ3n) is 3.88. The number of para-hydroxylation sites is 2. The van der Waals surface area contributed by atoms with Crippen LogP contribution >= 0.6 is 24.0 Å². The van der Waals surface area contributed by atoms with Crippen molar-refractivity contribution in [3.05, 3.63) is 30.1 Å². The van der Waals surface area contributed by atoms with Gasteiger partial charge in [0.05, 0.1) is 11.0 Å². The molecule has 0 aliphatic carbocycles. The Bertz CT molecular complexity index is 602. The average molecular weight is 443 g/mol. The number of H-pyrrole nitrogens is 1. The lowest BCUT2D eigenvalue weighted by molar-refractivity contribution is 0.489. The number of rotatable bonds is 7. The first-order valence-electron chi connectivity index (χ1n) is 8.49. The van der Waals surface area contributed by atoms with Crippen LogP contribution in [-0.4, -0.2) is 35.6 Å². The van der Waals surface area contributed by atoms with E-state index in [1.165, 1.54) is 6.42 Å². The average Bonchev–Trinajstić information content (AvgIpc) is 2.94. The van der Waals surface area contributed by atoms with E-state index in [0.717, 1.165) is 48.1 Å². The number of imidazole rings is 1. The van der Waals surface area contributed by atoms with Crippen molar-refractivity contribution in [2.24, 2.45) is 10.9 Å². The van der Waals surface area contributed by atoms with Crippen LogP contribution in [0.4, 0.5) is 0 Å². The number of aromatic amines is 1. The summed E-state index contributed by atoms with van der Waals surface area (Å²) in [5.74, 6) is 2.60. The molecule has 1 aromatic carbocycles. The molecular formula is C18H30IN5. The van der Waals surface area contributed by atoms with Crippen LogP contribution in [0.15, 0.2) is 29.3 Å². The topological polar surface area (TPSA) is 65.1 Å². The number of benzene rings is 1. The Balaban J connectivity index is 0.00000288. The number of guanidine groups is 1. The summed E-state index contributed by atoms with van der Waals surface area (Å²) in [6, 6.07) is 8.54. The van der Waals surface area contributed by atoms with Crippen molar-refractivity contribution in [3.8, 4) is 0 Å². The summed E-state index contributed by atoms with van der Waals surface area (Å²) in [7, 11) is 1.81. The van der Waals surface area contributed by atoms with E-state index in [9.17, 15) is 0 Å². The van der Waals surface area contributed by atoms with Gasteiger partial charge in [-0.1, -0.05) is 26.0 Å². The summed E-state index contributed by atoms with van der Waals surface area (Å²) < 4.78 is 0. The number of hydrogen-bond donors (Lipinski definition) is 3. The molecule has 1 atom stereocenters. The van der Waals surface area contributed by atoms with E-state index in [2.05, 4.69) is 52.4 Å². The highest BCUT2D eigenvalue weighted by Gasteiger charge is 2.07. The fourth-order valence-corrected chi connectivity index (χ4v) is 2.51. The fourth-order valence-electron chi connectivity index (χ4n) is 2.51. The largest absolute Gasteiger partial charge is 0.356 e. The standard InChI is InChI=1S/C18H29N5.HI/c1-13(2)9-10-14(3)21-18(19-4)20-12-11-17-22-15-7-5-6-8-16(15)23-17;/h5-8,13-14H,9-12H2,1-4H3,(H,22,23)(H2,19,20,21);1H. The Morgan fingerprint density at radius 1 is 1.21 bits per heavy atom. The minimum atomic E-state index is 0. The van der Waals surface area contributed by atoms with Crippen LogP contribution in [0.25, 0.3) is 11.0 Å². The lowest BCUT2D eigenvalue weighted by Gasteiger charge is -2.18. The van der Waals surface area contributed by atoms with Gasteiger partial charge in [0.15, 0.2) is 5.96 Å². The number of nitrogens with one attached hydrogen (secondary N) is 3. The molecule has 0 aliphatic rings. The third-order valence-corrected chi connectivity index (χ3v) is 3.88. The monoisotopic (exact) mass is 443 g/mol. The molecule has 2 aromatic rings. The van der Waals surface area contributed by atoms with Gasteiger partial charge in [0.2, 0.25) is 0 Å². The minimum Gasteiger partial charge on any atom is -0.356 e. The Morgan fingerprint density at radius 3 is 2.62 bits per heavy atom. The Hall–Kier alpha value is -1.31. The number of nitrogens with zero attached hydrogens (tertiary/aromatic N) is 2. The molecule has 1 aromatic heterocycles. The van der Waals surface area contributed by atoms with E-state index in [4.69, 9.17) is 0 Å². The molecule has 0 fully saturated rings. The van der Waals surface area contributed by atoms with Gasteiger partial charge in [-0.25, -0.2) is 4.98 Å². The van der Waals surface area contributed by atoms with E-state index < -0.39 is 0 Å². The zero-order valence-corrected chi connectivity index (χ0v) is 17.4. The molecule has 2 rings (SSSR count). The zero-order valence-electron chi connectivity index (χ0n) is 15.1. The molecule has 0 radical (unpaired) electrons. The summed E-state index contributed by atoms with van der Waals surface area (Å²) in [5, 5.41) is 6.80. The first kappa shape index (κ1) is 20.7. The van der Waals surface area contributed by atoms with Crippen LogP contribution in [0.1, 0.15) is 39.4 Å². The second kappa shape index (κ2) is 10.5. The summed E-state index contributed by atoms with van der Waals surface area (Å²) in [6.45, 7) is 7.52. The highest BCUT2D eigenvalue weighted by Crippen LogP contribution is 2.10. The van der Waals surface area contributed by atoms with E-state index in [1.54, 1.807) is 0 Å². The number of hydrogen-bond acceptors (Lipinski definition) is 2. The lowest BCUT2D eigenvalue weighted by Crippen LogP contribution is -2.43. The van der Waals surface area contributed by atoms with Crippen molar-refractivity contribution < 1.29 is 0 Å². The van der Waals surface area contributed by atoms with Crippen LogP contribution in [0, 0.1) is 5.92 Å². The Labute approximate surface area is 162 Å². The molecule has 0 saturated heterocycles. The van der Waals surface area contributed by atoms with Crippen LogP contribution in [-0.2, 0) is 6.42 Å². The molecule has 0 aliphatic heterocycles. The van der Waals surface area contributed by atoms with Crippen molar-refractivity contribution in [1.82, 2.24) is 20.6 Å². The smallest absolute Gasteiger partial charge is 0.191 e. The predicted octanol–water partition coefficient (Wildman–Crippen LogP) is 3.71. The molecule has 0 saturated carbocycles. The van der Waals surface area contributed by atoms with Crippen molar-refractivity contribution >= 4 is 41.0 Å². The van der Waals surface area contributed by atoms with Gasteiger partial charge in [0.1, 0.15) is 5.82 Å². The Morgan fingerprint density at radius 2 is 1.96 bits per heavy atom. The van der Waals surface area contributed by atoms with Crippen molar-refractivity contribution in [2.75, 3.05) is 13.6 Å². The van der Waals surface area contributed by atoms with Crippen LogP contribution < -0.4 is 10.6 Å². The van der Waals surface area contributed by atoms with Gasteiger partial charge in [0.25, 0.3) is 0 Å². The second-order valence-electron chi connectivity index (χ2n) is 6.47. The quantitative estimate of drug-likeness (QED) is 0.347. The van der Waals surface area contributed by atoms with Gasteiger partial charge in [-0.3, -0.25) is 4.99 Å². The highest BCUT2D eigenvalue weighted by atomic mass is 127. The van der Waals surface area contributed by atoms with Crippen molar-refractivity contribution in [1.29, 1.82) is 0 Å². The van der Waals surface area contributed by atoms with Gasteiger partial charge in [-0.05, 0) is 37.8 Å². The summed E-state index contributed by atoms with van der Waals surface area (Å²) in [6.07, 6.45) is 3.22. The molecule has 1 heterocycles. The van der Waals surface area contributed by atoms with Crippen LogP contribution in [0.2, 0.25) is 0 Å². The minimum absolute atomic E-state index is 0. The van der Waals surface area contributed by atoms with Crippen LogP contribution in [0.3, 0.4) is 0 Å². The molecule has 0 spiro atoms. The highest BCUT2D eigenvalue weighted by molar-refractivity contribution is 14.0. The van der Waals surface area contributed by atoms with E-state index in [-0.39, 0.29) is 24.0 Å². The number of aliphatic imine (C=N–C) groups is 1. The van der Waals surface area contributed by atoms with Gasteiger partial charge in [-0.2, -0.15) is 0 Å². The lowest BCUT2D eigenvalue weighted by atomic mass is 10.0. The molecule has 0 bridgehead atoms. The molecule has 1 unspecified atom stereocenters. The molecule has 0 amide bonds. The maximum Gasteiger partial charge on any atom is 0.191 e. The van der Waals surface area contributed by atoms with E-state index in [0.29, 0.717) is 6.04 Å². The van der Waals surface area contributed by atoms with Gasteiger partial charge in [-0.15, -0.1) is 24.0 Å². The first-order chi connectivity index (χ1) is 11.1. The molecular weight excluding hydrogens is 413 g/mol. The predicted molar refractivity (Wildman–Crippen MR) is 113 cm³/mol. The summed E-state index contributed by atoms with van der Waals surface area (Å²) in [4.78, 5) is 12.2. The summed E-state index contributed by atoms with van der Waals surface area (Å²) in [5.41, 5.74) is 2.11. The number of fused-ring (bicyclic) bond motifs is 1. The maximum atomic E-state index is 4.59. The SMILES string of the molecule is CN=C(NCCc1nc2ccccc2[nH]1)NC(C)CCC(C)C.I. The number of halogens is 1. The van der Waals surface area contributed by atoms with Gasteiger partial charge >= 0.3 is 0 Å². The maximum absolute atomic E-state index is 4.59. The molecule has 24 heavy (non-hydrogen) atoms. The normalized spacial score (nSPS) is 13.0. The Kier molecular flexibility index (Phi) is 9.10. The first-order valence-corrected chi connectivity index (χ1v) is 8.49. The molecule has 3 N–H and O–H groups in total. The van der Waals surface area contributed by atoms with Crippen LogP contribution in [0.5, 0.6) is 0 Å². The molecule has 134 valence electrons. The van der Waals surface area contributed by atoms with Crippen molar-refractivity contribution in [3.63, 3.8) is 0 Å². The number of aromatic nitrogens is 2. The van der Waals surface area contributed by atoms with Crippen molar-refractivity contribution in [2.45, 2.75) is 46.1 Å². The third kappa shape index (κ3) is 6.67. The van der Waals surface area contributed by atoms with Gasteiger partial charge in [0, 0.05) is 26.1 Å². The summed E-state index contributed by atoms with van der Waals surface area (Å²) >= 11 is 0. The van der Waals surface area contributed by atoms with E-state index in [1.807, 2.05) is 25.2 Å². The fraction of sp³-hybridized carbons (Fsp3) is 0.556. The molecule has 5 nitrogen and oxygen atoms in total.